The van der Waals surface area contributed by atoms with Crippen molar-refractivity contribution in [1.82, 2.24) is 0 Å². The van der Waals surface area contributed by atoms with Crippen molar-refractivity contribution in [2.45, 2.75) is 6.92 Å². The Morgan fingerprint density at radius 2 is 2.00 bits per heavy atom. The van der Waals surface area contributed by atoms with E-state index in [0.29, 0.717) is 11.1 Å². The van der Waals surface area contributed by atoms with E-state index in [9.17, 15) is 4.39 Å². The van der Waals surface area contributed by atoms with Crippen molar-refractivity contribution in [3.05, 3.63) is 40.7 Å². The maximum absolute atomic E-state index is 12.8. The van der Waals surface area contributed by atoms with Gasteiger partial charge in [-0.1, -0.05) is 6.07 Å². The molecule has 0 unspecified atom stereocenters. The molecule has 0 aliphatic heterocycles. The molecule has 0 saturated carbocycles. The van der Waals surface area contributed by atoms with Crippen molar-refractivity contribution >= 4 is 6.08 Å². The van der Waals surface area contributed by atoms with Gasteiger partial charge in [0.1, 0.15) is 23.5 Å². The summed E-state index contributed by atoms with van der Waals surface area (Å²) in [6, 6.07) is 7.91. The van der Waals surface area contributed by atoms with Crippen LogP contribution in [0.1, 0.15) is 11.1 Å². The van der Waals surface area contributed by atoms with Crippen LogP contribution < -0.4 is 0 Å². The molecule has 0 saturated heterocycles. The molecule has 0 radical (unpaired) electrons. The molecular formula is C11H7FN2. The van der Waals surface area contributed by atoms with Gasteiger partial charge < -0.3 is 0 Å². The molecule has 0 fully saturated rings. The number of benzene rings is 1. The molecule has 14 heavy (non-hydrogen) atoms. The quantitative estimate of drug-likeness (QED) is 0.633. The summed E-state index contributed by atoms with van der Waals surface area (Å²) in [6.45, 7) is 1.63. The third-order valence-corrected chi connectivity index (χ3v) is 1.73. The fourth-order valence-corrected chi connectivity index (χ4v) is 1.01. The lowest BCUT2D eigenvalue weighted by Crippen LogP contribution is -1.83. The predicted octanol–water partition coefficient (Wildman–Crippen LogP) is 2.56. The fraction of sp³-hybridized carbons (Fsp3) is 0.0909. The summed E-state index contributed by atoms with van der Waals surface area (Å²) in [5.74, 6) is -0.294. The third kappa shape index (κ3) is 2.18. The van der Waals surface area contributed by atoms with E-state index in [0.717, 1.165) is 0 Å². The Morgan fingerprint density at radius 1 is 1.36 bits per heavy atom. The first kappa shape index (κ1) is 9.95. The molecule has 2 nitrogen and oxygen atoms in total. The normalized spacial score (nSPS) is 8.57. The molecule has 68 valence electrons. The largest absolute Gasteiger partial charge is 0.207 e. The molecule has 0 amide bonds. The highest BCUT2D eigenvalue weighted by molar-refractivity contribution is 5.62. The highest BCUT2D eigenvalue weighted by Crippen LogP contribution is 2.12. The van der Waals surface area contributed by atoms with Gasteiger partial charge >= 0.3 is 0 Å². The molecule has 1 rings (SSSR count). The van der Waals surface area contributed by atoms with Crippen LogP contribution in [-0.2, 0) is 0 Å². The average molecular weight is 186 g/mol. The number of aryl methyl sites for hydroxylation is 1. The Morgan fingerprint density at radius 3 is 2.50 bits per heavy atom. The van der Waals surface area contributed by atoms with Crippen LogP contribution in [0.2, 0.25) is 0 Å². The van der Waals surface area contributed by atoms with E-state index in [4.69, 9.17) is 10.5 Å². The first-order valence-electron chi connectivity index (χ1n) is 3.95. The summed E-state index contributed by atoms with van der Waals surface area (Å²) in [5.41, 5.74) is 1.16. The van der Waals surface area contributed by atoms with Gasteiger partial charge in [-0.2, -0.15) is 10.5 Å². The smallest absolute Gasteiger partial charge is 0.130 e. The van der Waals surface area contributed by atoms with Crippen LogP contribution in [0.4, 0.5) is 4.39 Å². The molecule has 1 aromatic rings. The summed E-state index contributed by atoms with van der Waals surface area (Å²) in [5, 5.41) is 17.0. The standard InChI is InChI=1S/C11H7FN2/c1-8-4-9(2-3-11(8)12)5-10(6-13)7-14/h2-5H,1H3. The number of hydrogen-bond acceptors (Lipinski definition) is 2. The van der Waals surface area contributed by atoms with Gasteiger partial charge in [-0.15, -0.1) is 0 Å². The monoisotopic (exact) mass is 186 g/mol. The van der Waals surface area contributed by atoms with Crippen LogP contribution in [0.5, 0.6) is 0 Å². The topological polar surface area (TPSA) is 47.6 Å². The third-order valence-electron chi connectivity index (χ3n) is 1.73. The lowest BCUT2D eigenvalue weighted by Gasteiger charge is -1.97. The van der Waals surface area contributed by atoms with Crippen molar-refractivity contribution in [3.63, 3.8) is 0 Å². The van der Waals surface area contributed by atoms with Crippen LogP contribution in [0.15, 0.2) is 23.8 Å². The van der Waals surface area contributed by atoms with Crippen molar-refractivity contribution in [2.75, 3.05) is 0 Å². The van der Waals surface area contributed by atoms with Crippen molar-refractivity contribution < 1.29 is 4.39 Å². The highest BCUT2D eigenvalue weighted by atomic mass is 19.1. The zero-order valence-electron chi connectivity index (χ0n) is 7.58. The molecule has 0 heterocycles. The second-order valence-corrected chi connectivity index (χ2v) is 2.79. The van der Waals surface area contributed by atoms with E-state index in [1.54, 1.807) is 25.1 Å². The number of allylic oxidation sites excluding steroid dienone is 1. The molecule has 0 bridgehead atoms. The second-order valence-electron chi connectivity index (χ2n) is 2.79. The second kappa shape index (κ2) is 4.20. The van der Waals surface area contributed by atoms with Gasteiger partial charge in [0.25, 0.3) is 0 Å². The summed E-state index contributed by atoms with van der Waals surface area (Å²) < 4.78 is 12.8. The molecule has 0 aliphatic carbocycles. The van der Waals surface area contributed by atoms with E-state index in [1.165, 1.54) is 18.2 Å². The van der Waals surface area contributed by atoms with Crippen LogP contribution in [0.25, 0.3) is 6.08 Å². The van der Waals surface area contributed by atoms with Crippen LogP contribution in [0, 0.1) is 35.4 Å². The molecule has 0 aromatic heterocycles. The number of hydrogen-bond donors (Lipinski definition) is 0. The van der Waals surface area contributed by atoms with E-state index in [-0.39, 0.29) is 11.4 Å². The van der Waals surface area contributed by atoms with Gasteiger partial charge in [0.15, 0.2) is 0 Å². The van der Waals surface area contributed by atoms with E-state index in [1.807, 2.05) is 0 Å². The number of rotatable bonds is 1. The number of halogens is 1. The zero-order valence-corrected chi connectivity index (χ0v) is 7.58. The Bertz CT molecular complexity index is 445. The van der Waals surface area contributed by atoms with Gasteiger partial charge in [-0.25, -0.2) is 4.39 Å². The van der Waals surface area contributed by atoms with E-state index in [2.05, 4.69) is 0 Å². The molecule has 0 spiro atoms. The van der Waals surface area contributed by atoms with Gasteiger partial charge in [-0.3, -0.25) is 0 Å². The molecule has 3 heteroatoms. The average Bonchev–Trinajstić information content (AvgIpc) is 2.19. The first-order chi connectivity index (χ1) is 6.67. The molecule has 0 aliphatic rings. The molecular weight excluding hydrogens is 179 g/mol. The van der Waals surface area contributed by atoms with Gasteiger partial charge in [0.2, 0.25) is 0 Å². The highest BCUT2D eigenvalue weighted by Gasteiger charge is 1.98. The summed E-state index contributed by atoms with van der Waals surface area (Å²) >= 11 is 0. The minimum Gasteiger partial charge on any atom is -0.207 e. The maximum Gasteiger partial charge on any atom is 0.130 e. The SMILES string of the molecule is Cc1cc(C=C(C#N)C#N)ccc1F. The fourth-order valence-electron chi connectivity index (χ4n) is 1.01. The summed E-state index contributed by atoms with van der Waals surface area (Å²) in [7, 11) is 0. The first-order valence-corrected chi connectivity index (χ1v) is 3.95. The predicted molar refractivity (Wildman–Crippen MR) is 50.3 cm³/mol. The van der Waals surface area contributed by atoms with Crippen molar-refractivity contribution in [3.8, 4) is 12.1 Å². The lowest BCUT2D eigenvalue weighted by molar-refractivity contribution is 0.618. The van der Waals surface area contributed by atoms with Gasteiger partial charge in [0, 0.05) is 0 Å². The lowest BCUT2D eigenvalue weighted by atomic mass is 10.1. The Hall–Kier alpha value is -2.13. The van der Waals surface area contributed by atoms with Crippen LogP contribution in [-0.4, -0.2) is 0 Å². The van der Waals surface area contributed by atoms with Crippen molar-refractivity contribution in [2.24, 2.45) is 0 Å². The minimum absolute atomic E-state index is 0.0102. The van der Waals surface area contributed by atoms with Crippen molar-refractivity contribution in [1.29, 1.82) is 10.5 Å². The van der Waals surface area contributed by atoms with E-state index < -0.39 is 0 Å². The summed E-state index contributed by atoms with van der Waals surface area (Å²) in [6.07, 6.45) is 1.42. The van der Waals surface area contributed by atoms with E-state index >= 15 is 0 Å². The Balaban J connectivity index is 3.13. The van der Waals surface area contributed by atoms with Crippen LogP contribution >= 0.6 is 0 Å². The van der Waals surface area contributed by atoms with Gasteiger partial charge in [0.05, 0.1) is 0 Å². The van der Waals surface area contributed by atoms with Gasteiger partial charge in [-0.05, 0) is 36.3 Å². The number of nitriles is 2. The Labute approximate surface area is 81.5 Å². The Kier molecular flexibility index (Phi) is 2.99. The zero-order chi connectivity index (χ0) is 10.6. The molecule has 0 atom stereocenters. The summed E-state index contributed by atoms with van der Waals surface area (Å²) in [4.78, 5) is 0. The van der Waals surface area contributed by atoms with Crippen LogP contribution in [0.3, 0.4) is 0 Å². The number of nitrogens with zero attached hydrogens (tertiary/aromatic N) is 2. The minimum atomic E-state index is -0.294. The molecule has 1 aromatic carbocycles. The maximum atomic E-state index is 12.8. The molecule has 0 N–H and O–H groups in total.